The van der Waals surface area contributed by atoms with Crippen LogP contribution in [0.5, 0.6) is 0 Å². The third kappa shape index (κ3) is 141. The maximum absolute atomic E-state index is 2.58. The van der Waals surface area contributed by atoms with Crippen molar-refractivity contribution < 1.29 is 0 Å². The molecule has 34 valence electrons. The van der Waals surface area contributed by atoms with Gasteiger partial charge in [-0.2, -0.15) is 0 Å². The van der Waals surface area contributed by atoms with Crippen LogP contribution in [0.4, 0.5) is 0 Å². The van der Waals surface area contributed by atoms with E-state index in [1.165, 1.54) is 6.16 Å². The van der Waals surface area contributed by atoms with E-state index in [0.717, 1.165) is 0 Å². The smallest absolute Gasteiger partial charge is 0.0410 e. The molecule has 0 nitrogen and oxygen atoms in total. The van der Waals surface area contributed by atoms with Crippen molar-refractivity contribution >= 4 is 9.24 Å². The Morgan fingerprint density at radius 3 is 1.40 bits per heavy atom. The minimum Gasteiger partial charge on any atom is -0.138 e. The predicted octanol–water partition coefficient (Wildman–Crippen LogP) is 1.91. The first kappa shape index (κ1) is 9.06. The SMILES string of the molecule is CC.CCP. The molecule has 0 aromatic carbocycles. The zero-order chi connectivity index (χ0) is 4.71. The molecule has 0 heterocycles. The van der Waals surface area contributed by atoms with Crippen LogP contribution in [-0.2, 0) is 0 Å². The molecule has 0 aliphatic heterocycles. The zero-order valence-electron chi connectivity index (χ0n) is 4.28. The fourth-order valence-electron chi connectivity index (χ4n) is 0. The van der Waals surface area contributed by atoms with Crippen LogP contribution < -0.4 is 0 Å². The molecule has 5 heavy (non-hydrogen) atoms. The van der Waals surface area contributed by atoms with Crippen molar-refractivity contribution in [1.29, 1.82) is 0 Å². The molecular weight excluding hydrogens is 79.0 g/mol. The van der Waals surface area contributed by atoms with Gasteiger partial charge in [0.25, 0.3) is 0 Å². The minimum absolute atomic E-state index is 1.17. The van der Waals surface area contributed by atoms with E-state index in [1.54, 1.807) is 0 Å². The van der Waals surface area contributed by atoms with Gasteiger partial charge in [0.1, 0.15) is 0 Å². The third-order valence-electron chi connectivity index (χ3n) is 0. The van der Waals surface area contributed by atoms with Crippen LogP contribution in [0.15, 0.2) is 0 Å². The van der Waals surface area contributed by atoms with Crippen molar-refractivity contribution in [2.24, 2.45) is 0 Å². The van der Waals surface area contributed by atoms with Crippen LogP contribution in [0.25, 0.3) is 0 Å². The van der Waals surface area contributed by atoms with E-state index < -0.39 is 0 Å². The maximum atomic E-state index is 2.58. The Hall–Kier alpha value is 0.430. The van der Waals surface area contributed by atoms with Gasteiger partial charge in [-0.15, -0.1) is 9.24 Å². The Balaban J connectivity index is 0. The monoisotopic (exact) mass is 92.1 g/mol. The average molecular weight is 92.1 g/mol. The second-order valence-electron chi connectivity index (χ2n) is 0.408. The summed E-state index contributed by atoms with van der Waals surface area (Å²) in [6, 6.07) is 0. The minimum atomic E-state index is 1.17. The molecule has 0 aromatic heterocycles. The summed E-state index contributed by atoms with van der Waals surface area (Å²) < 4.78 is 0. The van der Waals surface area contributed by atoms with Crippen LogP contribution in [0, 0.1) is 0 Å². The highest BCUT2D eigenvalue weighted by Gasteiger charge is 1.35. The second kappa shape index (κ2) is 25.5. The van der Waals surface area contributed by atoms with E-state index in [9.17, 15) is 0 Å². The summed E-state index contributed by atoms with van der Waals surface area (Å²) in [5.74, 6) is 0. The molecule has 0 saturated carbocycles. The Labute approximate surface area is 37.2 Å². The van der Waals surface area contributed by atoms with Gasteiger partial charge in [0.05, 0.1) is 0 Å². The molecule has 1 atom stereocenters. The van der Waals surface area contributed by atoms with Gasteiger partial charge in [0, 0.05) is 0 Å². The lowest BCUT2D eigenvalue weighted by Crippen LogP contribution is -1.33. The molecule has 0 N–H and O–H groups in total. The highest BCUT2D eigenvalue weighted by atomic mass is 31.0. The Kier molecular flexibility index (Phi) is 46.2. The molecule has 0 spiro atoms. The molecule has 0 bridgehead atoms. The van der Waals surface area contributed by atoms with Gasteiger partial charge in [0.2, 0.25) is 0 Å². The molecule has 0 aliphatic rings. The molecule has 0 fully saturated rings. The number of rotatable bonds is 0. The summed E-state index contributed by atoms with van der Waals surface area (Å²) in [6.07, 6.45) is 1.17. The first-order valence-electron chi connectivity index (χ1n) is 2.12. The van der Waals surface area contributed by atoms with Gasteiger partial charge in [-0.05, 0) is 6.16 Å². The Morgan fingerprint density at radius 1 is 1.40 bits per heavy atom. The molecule has 0 radical (unpaired) electrons. The second-order valence-corrected chi connectivity index (χ2v) is 1.22. The fourth-order valence-corrected chi connectivity index (χ4v) is 0. The van der Waals surface area contributed by atoms with E-state index >= 15 is 0 Å². The van der Waals surface area contributed by atoms with Crippen molar-refractivity contribution in [3.63, 3.8) is 0 Å². The number of hydrogen-bond donors (Lipinski definition) is 0. The molecule has 0 rings (SSSR count). The molecule has 0 amide bonds. The van der Waals surface area contributed by atoms with Crippen LogP contribution in [0.2, 0.25) is 0 Å². The molecule has 0 aromatic rings. The molecule has 1 heteroatoms. The lowest BCUT2D eigenvalue weighted by Gasteiger charge is -1.48. The quantitative estimate of drug-likeness (QED) is 0.400. The third-order valence-corrected chi connectivity index (χ3v) is 0. The highest BCUT2D eigenvalue weighted by Crippen LogP contribution is 1.68. The normalized spacial score (nSPS) is 4.80. The summed E-state index contributed by atoms with van der Waals surface area (Å²) in [5, 5.41) is 0. The topological polar surface area (TPSA) is 0 Å². The fraction of sp³-hybridized carbons (Fsp3) is 1.00. The van der Waals surface area contributed by atoms with Gasteiger partial charge in [-0.1, -0.05) is 20.8 Å². The average Bonchev–Trinajstić information content (AvgIpc) is 1.46. The van der Waals surface area contributed by atoms with E-state index in [1.807, 2.05) is 13.8 Å². The first-order valence-corrected chi connectivity index (χ1v) is 2.93. The largest absolute Gasteiger partial charge is 0.138 e. The van der Waals surface area contributed by atoms with Crippen LogP contribution in [0.3, 0.4) is 0 Å². The predicted molar refractivity (Wildman–Crippen MR) is 31.6 cm³/mol. The lowest BCUT2D eigenvalue weighted by molar-refractivity contribution is 1.50. The Morgan fingerprint density at radius 2 is 1.40 bits per heavy atom. The van der Waals surface area contributed by atoms with Gasteiger partial charge < -0.3 is 0 Å². The van der Waals surface area contributed by atoms with E-state index in [4.69, 9.17) is 0 Å². The zero-order valence-corrected chi connectivity index (χ0v) is 5.44. The molecule has 1 unspecified atom stereocenters. The first-order chi connectivity index (χ1) is 2.41. The van der Waals surface area contributed by atoms with E-state index in [2.05, 4.69) is 16.2 Å². The molecule has 0 saturated heterocycles. The van der Waals surface area contributed by atoms with Gasteiger partial charge in [-0.25, -0.2) is 0 Å². The molecular formula is C4H13P. The van der Waals surface area contributed by atoms with Crippen molar-refractivity contribution in [3.8, 4) is 0 Å². The standard InChI is InChI=1S/C2H7P.C2H6/c1-2-3;1-2/h2-3H2,1H3;1-2H3. The van der Waals surface area contributed by atoms with Gasteiger partial charge in [-0.3, -0.25) is 0 Å². The van der Waals surface area contributed by atoms with Gasteiger partial charge in [0.15, 0.2) is 0 Å². The highest BCUT2D eigenvalue weighted by molar-refractivity contribution is 7.16. The van der Waals surface area contributed by atoms with Gasteiger partial charge >= 0.3 is 0 Å². The van der Waals surface area contributed by atoms with E-state index in [-0.39, 0.29) is 0 Å². The molecule has 0 aliphatic carbocycles. The number of hydrogen-bond acceptors (Lipinski definition) is 0. The van der Waals surface area contributed by atoms with Crippen molar-refractivity contribution in [2.45, 2.75) is 20.8 Å². The Bertz CT molecular complexity index is 3.61. The summed E-state index contributed by atoms with van der Waals surface area (Å²) in [4.78, 5) is 0. The summed E-state index contributed by atoms with van der Waals surface area (Å²) in [6.45, 7) is 6.09. The van der Waals surface area contributed by atoms with E-state index in [0.29, 0.717) is 0 Å². The maximum Gasteiger partial charge on any atom is -0.0410 e. The summed E-state index contributed by atoms with van der Waals surface area (Å²) in [7, 11) is 2.58. The summed E-state index contributed by atoms with van der Waals surface area (Å²) >= 11 is 0. The van der Waals surface area contributed by atoms with Crippen molar-refractivity contribution in [3.05, 3.63) is 0 Å². The summed E-state index contributed by atoms with van der Waals surface area (Å²) in [5.41, 5.74) is 0. The van der Waals surface area contributed by atoms with Crippen LogP contribution >= 0.6 is 9.24 Å². The lowest BCUT2D eigenvalue weighted by atomic mass is 11.0. The van der Waals surface area contributed by atoms with Crippen LogP contribution in [-0.4, -0.2) is 6.16 Å². The van der Waals surface area contributed by atoms with Crippen LogP contribution in [0.1, 0.15) is 20.8 Å². The van der Waals surface area contributed by atoms with Crippen molar-refractivity contribution in [1.82, 2.24) is 0 Å². The van der Waals surface area contributed by atoms with Crippen molar-refractivity contribution in [2.75, 3.05) is 6.16 Å².